The lowest BCUT2D eigenvalue weighted by Gasteiger charge is -2.25. The van der Waals surface area contributed by atoms with Crippen LogP contribution in [-0.4, -0.2) is 52.4 Å². The van der Waals surface area contributed by atoms with Crippen molar-refractivity contribution in [2.24, 2.45) is 7.05 Å². The van der Waals surface area contributed by atoms with Crippen LogP contribution in [0.25, 0.3) is 11.1 Å². The van der Waals surface area contributed by atoms with Gasteiger partial charge in [0.25, 0.3) is 5.91 Å². The quantitative estimate of drug-likeness (QED) is 0.544. The highest BCUT2D eigenvalue weighted by atomic mass is 16.5. The second kappa shape index (κ2) is 9.31. The van der Waals surface area contributed by atoms with E-state index in [1.54, 1.807) is 13.3 Å². The smallest absolute Gasteiger partial charge is 0.254 e. The van der Waals surface area contributed by atoms with Crippen molar-refractivity contribution in [1.29, 1.82) is 0 Å². The van der Waals surface area contributed by atoms with Crippen molar-refractivity contribution in [3.8, 4) is 16.9 Å². The monoisotopic (exact) mass is 420 g/mol. The molecule has 1 aromatic carbocycles. The van der Waals surface area contributed by atoms with E-state index < -0.39 is 0 Å². The molecule has 2 aromatic heterocycles. The van der Waals surface area contributed by atoms with Crippen molar-refractivity contribution < 1.29 is 14.3 Å². The molecule has 0 aliphatic carbocycles. The van der Waals surface area contributed by atoms with Crippen LogP contribution in [0.3, 0.4) is 0 Å². The summed E-state index contributed by atoms with van der Waals surface area (Å²) >= 11 is 0. The Labute approximate surface area is 182 Å². The van der Waals surface area contributed by atoms with Gasteiger partial charge in [0.2, 0.25) is 0 Å². The van der Waals surface area contributed by atoms with Gasteiger partial charge in [-0.2, -0.15) is 5.10 Å². The summed E-state index contributed by atoms with van der Waals surface area (Å²) < 4.78 is 12.4. The first kappa shape index (κ1) is 21.1. The summed E-state index contributed by atoms with van der Waals surface area (Å²) in [7, 11) is 3.56. The zero-order chi connectivity index (χ0) is 21.8. The predicted molar refractivity (Wildman–Crippen MR) is 118 cm³/mol. The van der Waals surface area contributed by atoms with E-state index >= 15 is 0 Å². The Balaban J connectivity index is 1.58. The molecule has 1 amide bonds. The average Bonchev–Trinajstić information content (AvgIpc) is 3.41. The van der Waals surface area contributed by atoms with Crippen molar-refractivity contribution >= 4 is 5.91 Å². The van der Waals surface area contributed by atoms with Crippen molar-refractivity contribution in [2.45, 2.75) is 25.8 Å². The van der Waals surface area contributed by atoms with Crippen LogP contribution in [0.1, 0.15) is 40.5 Å². The summed E-state index contributed by atoms with van der Waals surface area (Å²) in [6.45, 7) is 3.78. The SMILES string of the molecule is COCCOc1ccc(C(=O)N2CCC[C@H]2c2nn(C)cc2-c2ccncc2C)cc1. The summed E-state index contributed by atoms with van der Waals surface area (Å²) in [5.74, 6) is 0.751. The number of ether oxygens (including phenoxy) is 2. The third-order valence-corrected chi connectivity index (χ3v) is 5.65. The van der Waals surface area contributed by atoms with E-state index in [2.05, 4.69) is 4.98 Å². The Morgan fingerprint density at radius 1 is 1.16 bits per heavy atom. The van der Waals surface area contributed by atoms with Gasteiger partial charge in [-0.25, -0.2) is 0 Å². The number of hydrogen-bond acceptors (Lipinski definition) is 5. The molecule has 1 fully saturated rings. The maximum absolute atomic E-state index is 13.3. The van der Waals surface area contributed by atoms with E-state index in [0.29, 0.717) is 18.8 Å². The zero-order valence-electron chi connectivity index (χ0n) is 18.2. The highest BCUT2D eigenvalue weighted by molar-refractivity contribution is 5.95. The minimum atomic E-state index is -0.0473. The van der Waals surface area contributed by atoms with Crippen molar-refractivity contribution in [2.75, 3.05) is 26.9 Å². The molecule has 1 atom stereocenters. The van der Waals surface area contributed by atoms with Crippen LogP contribution in [0.15, 0.2) is 48.9 Å². The fraction of sp³-hybridized carbons (Fsp3) is 0.375. The number of aryl methyl sites for hydroxylation is 2. The van der Waals surface area contributed by atoms with Gasteiger partial charge in [0.1, 0.15) is 12.4 Å². The van der Waals surface area contributed by atoms with Crippen LogP contribution < -0.4 is 4.74 Å². The largest absolute Gasteiger partial charge is 0.491 e. The topological polar surface area (TPSA) is 69.5 Å². The third kappa shape index (κ3) is 4.46. The van der Waals surface area contributed by atoms with E-state index in [1.165, 1.54) is 0 Å². The Kier molecular flexibility index (Phi) is 6.32. The van der Waals surface area contributed by atoms with Crippen molar-refractivity contribution in [3.63, 3.8) is 0 Å². The third-order valence-electron chi connectivity index (χ3n) is 5.65. The second-order valence-electron chi connectivity index (χ2n) is 7.81. The predicted octanol–water partition coefficient (Wildman–Crippen LogP) is 3.79. The number of nitrogens with zero attached hydrogens (tertiary/aromatic N) is 4. The second-order valence-corrected chi connectivity index (χ2v) is 7.81. The van der Waals surface area contributed by atoms with Crippen LogP contribution in [0, 0.1) is 6.92 Å². The molecule has 31 heavy (non-hydrogen) atoms. The normalized spacial score (nSPS) is 16.0. The minimum Gasteiger partial charge on any atom is -0.491 e. The number of pyridine rings is 1. The fourth-order valence-corrected chi connectivity index (χ4v) is 4.13. The molecule has 0 N–H and O–H groups in total. The van der Waals surface area contributed by atoms with Gasteiger partial charge in [0, 0.05) is 50.4 Å². The Bertz CT molecular complexity index is 1050. The van der Waals surface area contributed by atoms with Gasteiger partial charge in [-0.1, -0.05) is 0 Å². The van der Waals surface area contributed by atoms with Gasteiger partial charge in [-0.15, -0.1) is 0 Å². The summed E-state index contributed by atoms with van der Waals surface area (Å²) in [6, 6.07) is 9.28. The van der Waals surface area contributed by atoms with E-state index in [-0.39, 0.29) is 11.9 Å². The molecule has 7 nitrogen and oxygen atoms in total. The van der Waals surface area contributed by atoms with Crippen LogP contribution in [0.2, 0.25) is 0 Å². The standard InChI is InChI=1S/C24H28N4O3/c1-17-15-25-11-10-20(17)21-16-27(2)26-23(21)22-5-4-12-28(22)24(29)18-6-8-19(9-7-18)31-14-13-30-3/h6-11,15-16,22H,4-5,12-14H2,1-3H3/t22-/m0/s1. The maximum atomic E-state index is 13.3. The number of carbonyl (C=O) groups excluding carboxylic acids is 1. The molecule has 0 spiro atoms. The molecule has 4 rings (SSSR count). The van der Waals surface area contributed by atoms with E-state index in [4.69, 9.17) is 14.6 Å². The van der Waals surface area contributed by atoms with Crippen molar-refractivity contribution in [1.82, 2.24) is 19.7 Å². The molecule has 0 radical (unpaired) electrons. The summed E-state index contributed by atoms with van der Waals surface area (Å²) in [4.78, 5) is 19.5. The molecule has 0 saturated carbocycles. The molecule has 3 heterocycles. The molecule has 0 bridgehead atoms. The number of aromatic nitrogens is 3. The highest BCUT2D eigenvalue weighted by Crippen LogP contribution is 2.38. The lowest BCUT2D eigenvalue weighted by molar-refractivity contribution is 0.0733. The van der Waals surface area contributed by atoms with Crippen LogP contribution in [-0.2, 0) is 11.8 Å². The lowest BCUT2D eigenvalue weighted by Crippen LogP contribution is -2.31. The Morgan fingerprint density at radius 2 is 1.97 bits per heavy atom. The highest BCUT2D eigenvalue weighted by Gasteiger charge is 2.34. The van der Waals surface area contributed by atoms with Crippen LogP contribution in [0.4, 0.5) is 0 Å². The van der Waals surface area contributed by atoms with Gasteiger partial charge in [0.05, 0.1) is 18.3 Å². The molecule has 1 saturated heterocycles. The number of methoxy groups -OCH3 is 1. The first-order chi connectivity index (χ1) is 15.1. The summed E-state index contributed by atoms with van der Waals surface area (Å²) in [6.07, 6.45) is 7.55. The fourth-order valence-electron chi connectivity index (χ4n) is 4.13. The number of benzene rings is 1. The molecule has 162 valence electrons. The van der Waals surface area contributed by atoms with Gasteiger partial charge >= 0.3 is 0 Å². The zero-order valence-corrected chi connectivity index (χ0v) is 18.2. The number of carbonyl (C=O) groups is 1. The number of likely N-dealkylation sites (tertiary alicyclic amines) is 1. The van der Waals surface area contributed by atoms with Crippen molar-refractivity contribution in [3.05, 3.63) is 65.7 Å². The first-order valence-electron chi connectivity index (χ1n) is 10.6. The van der Waals surface area contributed by atoms with E-state index in [1.807, 2.05) is 66.3 Å². The first-order valence-corrected chi connectivity index (χ1v) is 10.6. The summed E-state index contributed by atoms with van der Waals surface area (Å²) in [5, 5.41) is 4.76. The van der Waals surface area contributed by atoms with Gasteiger partial charge in [-0.3, -0.25) is 14.5 Å². The number of rotatable bonds is 7. The number of hydrogen-bond donors (Lipinski definition) is 0. The van der Waals surface area contributed by atoms with Gasteiger partial charge < -0.3 is 14.4 Å². The Morgan fingerprint density at radius 3 is 2.71 bits per heavy atom. The molecule has 1 aliphatic heterocycles. The molecule has 3 aromatic rings. The van der Waals surface area contributed by atoms with Gasteiger partial charge in [-0.05, 0) is 61.2 Å². The summed E-state index contributed by atoms with van der Waals surface area (Å²) in [5.41, 5.74) is 4.87. The van der Waals surface area contributed by atoms with E-state index in [9.17, 15) is 4.79 Å². The molecular weight excluding hydrogens is 392 g/mol. The lowest BCUT2D eigenvalue weighted by atomic mass is 9.98. The molecule has 0 unspecified atom stereocenters. The number of amides is 1. The molecule has 1 aliphatic rings. The molecular formula is C24H28N4O3. The van der Waals surface area contributed by atoms with Crippen LogP contribution in [0.5, 0.6) is 5.75 Å². The van der Waals surface area contributed by atoms with E-state index in [0.717, 1.165) is 47.5 Å². The molecule has 7 heteroatoms. The maximum Gasteiger partial charge on any atom is 0.254 e. The minimum absolute atomic E-state index is 0.0222. The van der Waals surface area contributed by atoms with Gasteiger partial charge in [0.15, 0.2) is 0 Å². The Hall–Kier alpha value is -3.19. The average molecular weight is 421 g/mol. The van der Waals surface area contributed by atoms with Crippen LogP contribution >= 0.6 is 0 Å².